The Labute approximate surface area is 165 Å². The number of amides is 1. The minimum atomic E-state index is -1.24. The van der Waals surface area contributed by atoms with Crippen molar-refractivity contribution in [1.82, 2.24) is 19.5 Å². The summed E-state index contributed by atoms with van der Waals surface area (Å²) in [5, 5.41) is 31.9. The first-order chi connectivity index (χ1) is 11.6. The van der Waals surface area contributed by atoms with E-state index < -0.39 is 31.1 Å². The Hall–Kier alpha value is -1.14. The van der Waals surface area contributed by atoms with E-state index in [-0.39, 0.29) is 41.3 Å². The number of hydrogen-bond donors (Lipinski definition) is 4. The van der Waals surface area contributed by atoms with Crippen molar-refractivity contribution in [1.29, 1.82) is 0 Å². The van der Waals surface area contributed by atoms with Gasteiger partial charge in [-0.05, 0) is 6.42 Å². The first kappa shape index (κ1) is 20.2. The quantitative estimate of drug-likeness (QED) is 0.487. The Morgan fingerprint density at radius 2 is 2.08 bits per heavy atom. The Morgan fingerprint density at radius 1 is 1.32 bits per heavy atom. The van der Waals surface area contributed by atoms with Crippen molar-refractivity contribution in [3.8, 4) is 0 Å². The zero-order chi connectivity index (χ0) is 17.3. The van der Waals surface area contributed by atoms with Crippen molar-refractivity contribution in [2.75, 3.05) is 11.9 Å². The Morgan fingerprint density at radius 3 is 2.72 bits per heavy atom. The second kappa shape index (κ2) is 8.49. The molecule has 1 aliphatic rings. The Bertz CT molecular complexity index is 741. The summed E-state index contributed by atoms with van der Waals surface area (Å²) in [5.41, 5.74) is 0.686. The summed E-state index contributed by atoms with van der Waals surface area (Å²) < 4.78 is 6.91. The maximum Gasteiger partial charge on any atom is 0.225 e. The van der Waals surface area contributed by atoms with Gasteiger partial charge in [0.2, 0.25) is 5.91 Å². The molecule has 0 aromatic carbocycles. The normalized spacial score (nSPS) is 25.8. The third-order valence-electron chi connectivity index (χ3n) is 3.88. The molecule has 3 heterocycles. The van der Waals surface area contributed by atoms with Crippen molar-refractivity contribution in [2.24, 2.45) is 0 Å². The molecule has 0 unspecified atom stereocenters. The average molecular weight is 360 g/mol. The van der Waals surface area contributed by atoms with Crippen molar-refractivity contribution in [3.05, 3.63) is 12.7 Å². The molecule has 0 spiro atoms. The summed E-state index contributed by atoms with van der Waals surface area (Å²) in [4.78, 5) is 24.1. The number of aromatic nitrogens is 4. The number of nitrogens with one attached hydrogen (secondary N) is 1. The number of rotatable bonds is 5. The molecule has 4 atom stereocenters. The van der Waals surface area contributed by atoms with Gasteiger partial charge >= 0.3 is 0 Å². The summed E-state index contributed by atoms with van der Waals surface area (Å²) in [6.07, 6.45) is -0.587. The van der Waals surface area contributed by atoms with Gasteiger partial charge in [-0.2, -0.15) is 0 Å². The van der Waals surface area contributed by atoms with Crippen LogP contribution in [0, 0.1) is 0 Å². The molecule has 11 heteroatoms. The monoisotopic (exact) mass is 360 g/mol. The molecule has 10 nitrogen and oxygen atoms in total. The van der Waals surface area contributed by atoms with Gasteiger partial charge in [-0.15, -0.1) is 0 Å². The van der Waals surface area contributed by atoms with E-state index in [1.807, 2.05) is 6.92 Å². The number of fused-ring (bicyclic) bond motifs is 1. The van der Waals surface area contributed by atoms with E-state index in [0.717, 1.165) is 0 Å². The van der Waals surface area contributed by atoms with Crippen LogP contribution in [0.2, 0.25) is 0 Å². The van der Waals surface area contributed by atoms with Crippen LogP contribution in [0.5, 0.6) is 0 Å². The van der Waals surface area contributed by atoms with E-state index in [4.69, 9.17) is 4.74 Å². The zero-order valence-electron chi connectivity index (χ0n) is 14.0. The molecule has 4 N–H and O–H groups in total. The van der Waals surface area contributed by atoms with Crippen LogP contribution in [0.15, 0.2) is 12.7 Å². The Kier molecular flexibility index (Phi) is 6.86. The summed E-state index contributed by atoms with van der Waals surface area (Å²) in [6, 6.07) is 0. The number of aliphatic hydroxyl groups is 3. The molecule has 1 radical (unpaired) electrons. The molecule has 131 valence electrons. The van der Waals surface area contributed by atoms with E-state index >= 15 is 0 Å². The summed E-state index contributed by atoms with van der Waals surface area (Å²) >= 11 is 0. The first-order valence-corrected chi connectivity index (χ1v) is 7.66. The maximum absolute atomic E-state index is 11.8. The second-order valence-corrected chi connectivity index (χ2v) is 5.57. The third-order valence-corrected chi connectivity index (χ3v) is 3.88. The number of anilines is 1. The third kappa shape index (κ3) is 3.85. The van der Waals surface area contributed by atoms with Gasteiger partial charge in [0.1, 0.15) is 24.6 Å². The molecule has 3 rings (SSSR count). The van der Waals surface area contributed by atoms with Gasteiger partial charge in [-0.3, -0.25) is 9.36 Å². The molecule has 2 aromatic heterocycles. The van der Waals surface area contributed by atoms with E-state index in [0.29, 0.717) is 24.0 Å². The van der Waals surface area contributed by atoms with Crippen LogP contribution >= 0.6 is 0 Å². The number of carbonyl (C=O) groups excluding carboxylic acids is 1. The number of imidazole rings is 1. The molecule has 1 aliphatic heterocycles. The zero-order valence-corrected chi connectivity index (χ0v) is 16.0. The minimum Gasteiger partial charge on any atom is -0.394 e. The van der Waals surface area contributed by atoms with Gasteiger partial charge in [-0.25, -0.2) is 15.0 Å². The Balaban J connectivity index is 0.00000225. The molecule has 0 aliphatic carbocycles. The molecule has 1 saturated heterocycles. The maximum atomic E-state index is 11.8. The van der Waals surface area contributed by atoms with Crippen LogP contribution in [0.4, 0.5) is 5.82 Å². The number of ether oxygens (including phenoxy) is 1. The summed E-state index contributed by atoms with van der Waals surface area (Å²) in [5.74, 6) is 0.0870. The van der Waals surface area contributed by atoms with Gasteiger partial charge in [0.15, 0.2) is 23.2 Å². The van der Waals surface area contributed by atoms with Crippen LogP contribution in [-0.4, -0.2) is 95.2 Å². The fourth-order valence-corrected chi connectivity index (χ4v) is 2.66. The van der Waals surface area contributed by atoms with Crippen LogP contribution in [0.1, 0.15) is 26.0 Å². The summed E-state index contributed by atoms with van der Waals surface area (Å²) in [7, 11) is 0. The molecule has 2 aromatic rings. The number of hydrogen-bond acceptors (Lipinski definition) is 8. The van der Waals surface area contributed by atoms with Crippen molar-refractivity contribution in [3.63, 3.8) is 0 Å². The van der Waals surface area contributed by atoms with Crippen molar-refractivity contribution >= 4 is 52.4 Å². The van der Waals surface area contributed by atoms with E-state index in [9.17, 15) is 20.1 Å². The van der Waals surface area contributed by atoms with Crippen LogP contribution in [0.25, 0.3) is 11.2 Å². The van der Waals surface area contributed by atoms with E-state index in [1.54, 1.807) is 0 Å². The molecule has 25 heavy (non-hydrogen) atoms. The number of aliphatic hydroxyl groups excluding tert-OH is 3. The van der Waals surface area contributed by atoms with Crippen molar-refractivity contribution < 1.29 is 24.9 Å². The fraction of sp³-hybridized carbons (Fsp3) is 0.571. The number of nitrogens with zero attached hydrogens (tertiary/aromatic N) is 4. The van der Waals surface area contributed by atoms with Gasteiger partial charge < -0.3 is 25.4 Å². The van der Waals surface area contributed by atoms with Gasteiger partial charge in [-0.1, -0.05) is 6.92 Å². The SMILES string of the molecule is CCCC(=O)Nc1ncnc2c1ncn2[C@@H]1O[C@H](CO)[C@@H](O)[C@H]1O.[Na]. The molecule has 1 amide bonds. The van der Waals surface area contributed by atoms with Gasteiger partial charge in [0.05, 0.1) is 12.9 Å². The van der Waals surface area contributed by atoms with E-state index in [2.05, 4.69) is 20.3 Å². The van der Waals surface area contributed by atoms with Gasteiger partial charge in [0.25, 0.3) is 0 Å². The van der Waals surface area contributed by atoms with Crippen molar-refractivity contribution in [2.45, 2.75) is 44.3 Å². The minimum absolute atomic E-state index is 0. The smallest absolute Gasteiger partial charge is 0.225 e. The first-order valence-electron chi connectivity index (χ1n) is 7.66. The average Bonchev–Trinajstić information content (AvgIpc) is 3.11. The van der Waals surface area contributed by atoms with Crippen LogP contribution < -0.4 is 5.32 Å². The summed E-state index contributed by atoms with van der Waals surface area (Å²) in [6.45, 7) is 1.47. The molecular formula is C14H19N5NaO5. The topological polar surface area (TPSA) is 143 Å². The molecule has 1 fully saturated rings. The molecule has 0 bridgehead atoms. The fourth-order valence-electron chi connectivity index (χ4n) is 2.66. The number of carbonyl (C=O) groups is 1. The van der Waals surface area contributed by atoms with Crippen LogP contribution in [0.3, 0.4) is 0 Å². The molecule has 0 saturated carbocycles. The predicted octanol–water partition coefficient (Wildman–Crippen LogP) is -1.20. The molecular weight excluding hydrogens is 341 g/mol. The second-order valence-electron chi connectivity index (χ2n) is 5.57. The largest absolute Gasteiger partial charge is 0.394 e. The van der Waals surface area contributed by atoms with E-state index in [1.165, 1.54) is 17.2 Å². The standard InChI is InChI=1S/C14H19N5O5.Na/c1-2-3-8(21)18-12-9-13(16-5-15-12)19(6-17-9)14-11(23)10(22)7(4-20)24-14;/h5-7,10-11,14,20,22-23H,2-4H2,1H3,(H,15,16,18,21);/t7-,10-,11-,14-;/m1./s1. The predicted molar refractivity (Wildman–Crippen MR) is 87.6 cm³/mol. The van der Waals surface area contributed by atoms with Gasteiger partial charge in [0, 0.05) is 36.0 Å². The van der Waals surface area contributed by atoms with Crippen LogP contribution in [-0.2, 0) is 9.53 Å².